The molecule has 0 amide bonds. The Hall–Kier alpha value is -3.43. The number of pyridine rings is 1. The molecule has 3 aromatic heterocycles. The van der Waals surface area contributed by atoms with Crippen LogP contribution in [0.25, 0.3) is 16.9 Å². The molecule has 11 nitrogen and oxygen atoms in total. The van der Waals surface area contributed by atoms with Crippen LogP contribution < -0.4 is 0 Å². The molecule has 0 radical (unpaired) electrons. The molecule has 0 bridgehead atoms. The monoisotopic (exact) mass is 549 g/mol. The number of rotatable bonds is 4. The standard InChI is InChI=1S/C23H19ClF3N7O4/c1-9-29-22(34(31-9)12-4-11(24)6-28-7-12)20-19(36)18(21(37)23(38-20)5-16(23)35)33-8-15(30-32-33)10-2-13(25)17(27)14(26)3-10/h2-4,6-8,16,18-21,35-37H,5H2,1H3/t16?,18-,19-,20-,21-,23?/m1/s1. The summed E-state index contributed by atoms with van der Waals surface area (Å²) < 4.78 is 49.6. The van der Waals surface area contributed by atoms with E-state index in [1.54, 1.807) is 13.0 Å². The Morgan fingerprint density at radius 1 is 1.11 bits per heavy atom. The molecule has 2 fully saturated rings. The highest BCUT2D eigenvalue weighted by molar-refractivity contribution is 6.30. The normalized spacial score (nSPS) is 28.7. The van der Waals surface area contributed by atoms with Crippen LogP contribution in [0.1, 0.15) is 30.2 Å². The van der Waals surface area contributed by atoms with E-state index in [4.69, 9.17) is 16.3 Å². The van der Waals surface area contributed by atoms with Crippen LogP contribution in [0.2, 0.25) is 5.02 Å². The van der Waals surface area contributed by atoms with E-state index in [0.717, 1.165) is 16.8 Å². The number of halogens is 4. The molecular formula is C23H19ClF3N7O4. The number of hydrogen-bond acceptors (Lipinski definition) is 9. The highest BCUT2D eigenvalue weighted by Gasteiger charge is 2.68. The van der Waals surface area contributed by atoms with Crippen LogP contribution in [0.5, 0.6) is 0 Å². The topological polar surface area (TPSA) is 144 Å². The number of hydrogen-bond donors (Lipinski definition) is 3. The van der Waals surface area contributed by atoms with Gasteiger partial charge in [-0.05, 0) is 25.1 Å². The van der Waals surface area contributed by atoms with Gasteiger partial charge in [-0.3, -0.25) is 4.98 Å². The van der Waals surface area contributed by atoms with Crippen molar-refractivity contribution in [2.45, 2.75) is 49.4 Å². The van der Waals surface area contributed by atoms with Gasteiger partial charge >= 0.3 is 0 Å². The summed E-state index contributed by atoms with van der Waals surface area (Å²) >= 11 is 6.09. The number of benzene rings is 1. The molecule has 1 saturated carbocycles. The van der Waals surface area contributed by atoms with Crippen molar-refractivity contribution in [2.24, 2.45) is 0 Å². The quantitative estimate of drug-likeness (QED) is 0.325. The fraction of sp³-hybridized carbons (Fsp3) is 0.348. The van der Waals surface area contributed by atoms with E-state index >= 15 is 0 Å². The van der Waals surface area contributed by atoms with Crippen LogP contribution in [0.15, 0.2) is 36.8 Å². The smallest absolute Gasteiger partial charge is 0.194 e. The van der Waals surface area contributed by atoms with Gasteiger partial charge in [-0.2, -0.15) is 5.10 Å². The van der Waals surface area contributed by atoms with Gasteiger partial charge in [0, 0.05) is 18.2 Å². The zero-order chi connectivity index (χ0) is 26.9. The van der Waals surface area contributed by atoms with Crippen molar-refractivity contribution in [3.05, 3.63) is 70.9 Å². The second kappa shape index (κ2) is 8.81. The Kier molecular flexibility index (Phi) is 5.77. The third-order valence-corrected chi connectivity index (χ3v) is 6.98. The highest BCUT2D eigenvalue weighted by atomic mass is 35.5. The van der Waals surface area contributed by atoms with Gasteiger partial charge in [0.05, 0.1) is 29.2 Å². The van der Waals surface area contributed by atoms with Crippen LogP contribution in [-0.4, -0.2) is 74.0 Å². The van der Waals surface area contributed by atoms with Gasteiger partial charge in [0.1, 0.15) is 41.5 Å². The number of aliphatic hydroxyl groups is 3. The fourth-order valence-corrected chi connectivity index (χ4v) is 4.97. The van der Waals surface area contributed by atoms with E-state index in [1.165, 1.54) is 23.3 Å². The first-order chi connectivity index (χ1) is 18.1. The molecule has 15 heteroatoms. The lowest BCUT2D eigenvalue weighted by Crippen LogP contribution is -2.54. The SMILES string of the molecule is Cc1nc([C@@H]2OC3(CC3O)[C@H](O)[C@H](n3cc(-c4cc(F)c(F)c(F)c4)nn3)[C@H]2O)n(-c2cncc(Cl)c2)n1. The van der Waals surface area contributed by atoms with Crippen molar-refractivity contribution in [3.8, 4) is 16.9 Å². The van der Waals surface area contributed by atoms with Gasteiger partial charge in [0.2, 0.25) is 0 Å². The number of nitrogens with zero attached hydrogens (tertiary/aromatic N) is 7. The van der Waals surface area contributed by atoms with Crippen molar-refractivity contribution in [2.75, 3.05) is 0 Å². The predicted molar refractivity (Wildman–Crippen MR) is 122 cm³/mol. The van der Waals surface area contributed by atoms with Gasteiger partial charge in [-0.25, -0.2) is 27.5 Å². The third-order valence-electron chi connectivity index (χ3n) is 6.77. The molecule has 1 aliphatic carbocycles. The zero-order valence-corrected chi connectivity index (χ0v) is 20.2. The average molecular weight is 550 g/mol. The second-order valence-corrected chi connectivity index (χ2v) is 9.70. The molecular weight excluding hydrogens is 531 g/mol. The van der Waals surface area contributed by atoms with Crippen LogP contribution in [0.3, 0.4) is 0 Å². The summed E-state index contributed by atoms with van der Waals surface area (Å²) in [5.74, 6) is -3.96. The van der Waals surface area contributed by atoms with E-state index in [0.29, 0.717) is 16.5 Å². The largest absolute Gasteiger partial charge is 0.390 e. The third kappa shape index (κ3) is 3.87. The number of aromatic nitrogens is 7. The Morgan fingerprint density at radius 3 is 2.47 bits per heavy atom. The maximum atomic E-state index is 13.8. The van der Waals surface area contributed by atoms with Crippen molar-refractivity contribution in [1.29, 1.82) is 0 Å². The minimum Gasteiger partial charge on any atom is -0.390 e. The lowest BCUT2D eigenvalue weighted by atomic mass is 9.90. The Balaban J connectivity index is 1.41. The minimum atomic E-state index is -1.63. The summed E-state index contributed by atoms with van der Waals surface area (Å²) in [5.41, 5.74) is -1.17. The van der Waals surface area contributed by atoms with Gasteiger partial charge in [-0.15, -0.1) is 5.10 Å². The molecule has 4 aromatic rings. The fourth-order valence-electron chi connectivity index (χ4n) is 4.81. The molecule has 6 rings (SSSR count). The van der Waals surface area contributed by atoms with Crippen molar-refractivity contribution < 1.29 is 33.2 Å². The van der Waals surface area contributed by atoms with Crippen LogP contribution in [0, 0.1) is 24.4 Å². The van der Waals surface area contributed by atoms with Gasteiger partial charge in [-0.1, -0.05) is 16.8 Å². The Bertz CT molecular complexity index is 1530. The summed E-state index contributed by atoms with van der Waals surface area (Å²) in [6.07, 6.45) is -1.00. The maximum Gasteiger partial charge on any atom is 0.194 e. The molecule has 3 N–H and O–H groups in total. The van der Waals surface area contributed by atoms with E-state index < -0.39 is 53.5 Å². The van der Waals surface area contributed by atoms with E-state index in [9.17, 15) is 28.5 Å². The highest BCUT2D eigenvalue weighted by Crippen LogP contribution is 2.54. The predicted octanol–water partition coefficient (Wildman–Crippen LogP) is 1.84. The summed E-state index contributed by atoms with van der Waals surface area (Å²) in [7, 11) is 0. The number of aliphatic hydroxyl groups excluding tert-OH is 3. The molecule has 198 valence electrons. The first-order valence-electron chi connectivity index (χ1n) is 11.4. The summed E-state index contributed by atoms with van der Waals surface area (Å²) in [6, 6.07) is 1.86. The molecule has 1 spiro atoms. The maximum absolute atomic E-state index is 13.8. The Labute approximate surface area is 217 Å². The molecule has 38 heavy (non-hydrogen) atoms. The van der Waals surface area contributed by atoms with Gasteiger partial charge in [0.25, 0.3) is 0 Å². The summed E-state index contributed by atoms with van der Waals surface area (Å²) in [6.45, 7) is 1.63. The van der Waals surface area contributed by atoms with Gasteiger partial charge < -0.3 is 20.1 Å². The molecule has 2 aliphatic rings. The van der Waals surface area contributed by atoms with Crippen molar-refractivity contribution in [1.82, 2.24) is 34.7 Å². The molecule has 6 atom stereocenters. The lowest BCUT2D eigenvalue weighted by Gasteiger charge is -2.42. The van der Waals surface area contributed by atoms with Crippen LogP contribution in [-0.2, 0) is 4.74 Å². The average Bonchev–Trinajstić information content (AvgIpc) is 3.20. The van der Waals surface area contributed by atoms with E-state index in [2.05, 4.69) is 25.4 Å². The summed E-state index contributed by atoms with van der Waals surface area (Å²) in [4.78, 5) is 8.46. The first kappa shape index (κ1) is 24.9. The van der Waals surface area contributed by atoms with Crippen LogP contribution >= 0.6 is 11.6 Å². The lowest BCUT2D eigenvalue weighted by molar-refractivity contribution is -0.224. The van der Waals surface area contributed by atoms with Gasteiger partial charge in [0.15, 0.2) is 23.3 Å². The molecule has 1 saturated heterocycles. The number of ether oxygens (including phenoxy) is 1. The van der Waals surface area contributed by atoms with Crippen LogP contribution in [0.4, 0.5) is 13.2 Å². The molecule has 4 heterocycles. The summed E-state index contributed by atoms with van der Waals surface area (Å²) in [5, 5.41) is 45.6. The molecule has 1 aliphatic heterocycles. The number of aryl methyl sites for hydroxylation is 1. The van der Waals surface area contributed by atoms with E-state index in [-0.39, 0.29) is 23.5 Å². The zero-order valence-electron chi connectivity index (χ0n) is 19.5. The van der Waals surface area contributed by atoms with Crippen molar-refractivity contribution in [3.63, 3.8) is 0 Å². The Morgan fingerprint density at radius 2 is 1.82 bits per heavy atom. The van der Waals surface area contributed by atoms with Crippen molar-refractivity contribution >= 4 is 11.6 Å². The molecule has 2 unspecified atom stereocenters. The first-order valence-corrected chi connectivity index (χ1v) is 11.8. The minimum absolute atomic E-state index is 0.0420. The van der Waals surface area contributed by atoms with E-state index in [1.807, 2.05) is 0 Å². The second-order valence-electron chi connectivity index (χ2n) is 9.27. The molecule has 1 aromatic carbocycles.